The lowest BCUT2D eigenvalue weighted by Crippen LogP contribution is -2.19. The molecule has 0 heterocycles. The molecule has 0 aliphatic heterocycles. The standard InChI is InChI=1S/C12H14BrClO/c13-7-10-5-2-6-11(14)12(10)15-8-9-3-1-4-9/h2,5-6,9H,1,3-4,7-8H2. The minimum atomic E-state index is 0.714. The number of rotatable bonds is 4. The summed E-state index contributed by atoms with van der Waals surface area (Å²) in [4.78, 5) is 0. The first kappa shape index (κ1) is 11.3. The van der Waals surface area contributed by atoms with E-state index in [1.165, 1.54) is 19.3 Å². The predicted octanol–water partition coefficient (Wildman–Crippen LogP) is 4.41. The molecule has 0 bridgehead atoms. The number of halogens is 2. The second-order valence-electron chi connectivity index (χ2n) is 3.97. The van der Waals surface area contributed by atoms with Crippen LogP contribution in [-0.2, 0) is 5.33 Å². The lowest BCUT2D eigenvalue weighted by molar-refractivity contribution is 0.180. The molecule has 1 aromatic rings. The summed E-state index contributed by atoms with van der Waals surface area (Å²) in [6.07, 6.45) is 3.95. The molecule has 1 aliphatic carbocycles. The van der Waals surface area contributed by atoms with Crippen LogP contribution in [0.2, 0.25) is 5.02 Å². The summed E-state index contributed by atoms with van der Waals surface area (Å²) in [5.74, 6) is 1.59. The number of hydrogen-bond donors (Lipinski definition) is 0. The van der Waals surface area contributed by atoms with Crippen molar-refractivity contribution in [2.75, 3.05) is 6.61 Å². The van der Waals surface area contributed by atoms with Crippen molar-refractivity contribution in [3.05, 3.63) is 28.8 Å². The van der Waals surface area contributed by atoms with Crippen LogP contribution < -0.4 is 4.74 Å². The molecule has 0 unspecified atom stereocenters. The quantitative estimate of drug-likeness (QED) is 0.746. The number of hydrogen-bond acceptors (Lipinski definition) is 1. The monoisotopic (exact) mass is 288 g/mol. The molecule has 2 rings (SSSR count). The highest BCUT2D eigenvalue weighted by Gasteiger charge is 2.19. The first-order chi connectivity index (χ1) is 7.31. The molecule has 0 saturated heterocycles. The average molecular weight is 290 g/mol. The molecular formula is C12H14BrClO. The third-order valence-electron chi connectivity index (χ3n) is 2.88. The van der Waals surface area contributed by atoms with Crippen LogP contribution in [0.5, 0.6) is 5.75 Å². The Balaban J connectivity index is 2.04. The van der Waals surface area contributed by atoms with E-state index in [0.29, 0.717) is 5.02 Å². The molecule has 0 aromatic heterocycles. The second-order valence-corrected chi connectivity index (χ2v) is 4.94. The van der Waals surface area contributed by atoms with Crippen molar-refractivity contribution in [2.24, 2.45) is 5.92 Å². The van der Waals surface area contributed by atoms with Gasteiger partial charge in [0, 0.05) is 10.9 Å². The zero-order valence-corrected chi connectivity index (χ0v) is 10.9. The largest absolute Gasteiger partial charge is 0.491 e. The van der Waals surface area contributed by atoms with Crippen LogP contribution in [0.1, 0.15) is 24.8 Å². The van der Waals surface area contributed by atoms with Crippen LogP contribution in [0.4, 0.5) is 0 Å². The summed E-state index contributed by atoms with van der Waals surface area (Å²) < 4.78 is 5.80. The van der Waals surface area contributed by atoms with E-state index < -0.39 is 0 Å². The summed E-state index contributed by atoms with van der Waals surface area (Å²) in [7, 11) is 0. The molecule has 0 atom stereocenters. The van der Waals surface area contributed by atoms with E-state index in [1.54, 1.807) is 0 Å². The fraction of sp³-hybridized carbons (Fsp3) is 0.500. The minimum absolute atomic E-state index is 0.714. The molecule has 1 aliphatic rings. The van der Waals surface area contributed by atoms with E-state index in [-0.39, 0.29) is 0 Å². The Bertz CT molecular complexity index is 336. The Kier molecular flexibility index (Phi) is 3.92. The molecule has 1 nitrogen and oxygen atoms in total. The third kappa shape index (κ3) is 2.67. The molecular weight excluding hydrogens is 275 g/mol. The van der Waals surface area contributed by atoms with Gasteiger partial charge in [-0.15, -0.1) is 0 Å². The van der Waals surface area contributed by atoms with Gasteiger partial charge in [-0.3, -0.25) is 0 Å². The number of para-hydroxylation sites is 1. The highest BCUT2D eigenvalue weighted by molar-refractivity contribution is 9.08. The maximum absolute atomic E-state index is 6.11. The summed E-state index contributed by atoms with van der Waals surface area (Å²) in [6, 6.07) is 5.87. The van der Waals surface area contributed by atoms with Gasteiger partial charge in [-0.25, -0.2) is 0 Å². The zero-order valence-electron chi connectivity index (χ0n) is 8.51. The Morgan fingerprint density at radius 1 is 1.40 bits per heavy atom. The lowest BCUT2D eigenvalue weighted by Gasteiger charge is -2.25. The first-order valence-electron chi connectivity index (χ1n) is 5.27. The van der Waals surface area contributed by atoms with Crippen LogP contribution in [-0.4, -0.2) is 6.61 Å². The smallest absolute Gasteiger partial charge is 0.141 e. The van der Waals surface area contributed by atoms with Crippen LogP contribution in [0.15, 0.2) is 18.2 Å². The minimum Gasteiger partial charge on any atom is -0.491 e. The third-order valence-corrected chi connectivity index (χ3v) is 3.78. The number of alkyl halides is 1. The Morgan fingerprint density at radius 3 is 2.80 bits per heavy atom. The summed E-state index contributed by atoms with van der Waals surface area (Å²) in [5, 5.41) is 1.50. The highest BCUT2D eigenvalue weighted by atomic mass is 79.9. The van der Waals surface area contributed by atoms with Crippen molar-refractivity contribution in [2.45, 2.75) is 24.6 Å². The Labute approximate surface area is 104 Å². The predicted molar refractivity (Wildman–Crippen MR) is 66.9 cm³/mol. The summed E-state index contributed by atoms with van der Waals surface area (Å²) >= 11 is 9.55. The second kappa shape index (κ2) is 5.22. The first-order valence-corrected chi connectivity index (χ1v) is 6.77. The van der Waals surface area contributed by atoms with Gasteiger partial charge in [-0.2, -0.15) is 0 Å². The van der Waals surface area contributed by atoms with Crippen LogP contribution in [0.3, 0.4) is 0 Å². The fourth-order valence-electron chi connectivity index (χ4n) is 1.68. The maximum atomic E-state index is 6.11. The van der Waals surface area contributed by atoms with Gasteiger partial charge in [0.15, 0.2) is 0 Å². The van der Waals surface area contributed by atoms with Gasteiger partial charge in [-0.05, 0) is 24.8 Å². The van der Waals surface area contributed by atoms with Crippen LogP contribution in [0, 0.1) is 5.92 Å². The molecule has 3 heteroatoms. The maximum Gasteiger partial charge on any atom is 0.141 e. The fourth-order valence-corrected chi connectivity index (χ4v) is 2.37. The van der Waals surface area contributed by atoms with Gasteiger partial charge < -0.3 is 4.74 Å². The van der Waals surface area contributed by atoms with Crippen molar-refractivity contribution in [3.8, 4) is 5.75 Å². The SMILES string of the molecule is Clc1cccc(CBr)c1OCC1CCC1. The molecule has 0 radical (unpaired) electrons. The highest BCUT2D eigenvalue weighted by Crippen LogP contribution is 2.33. The number of ether oxygens (including phenoxy) is 1. The zero-order chi connectivity index (χ0) is 10.7. The van der Waals surface area contributed by atoms with Gasteiger partial charge in [-0.1, -0.05) is 46.1 Å². The topological polar surface area (TPSA) is 9.23 Å². The van der Waals surface area contributed by atoms with Crippen LogP contribution in [0.25, 0.3) is 0 Å². The van der Waals surface area contributed by atoms with Gasteiger partial charge in [0.05, 0.1) is 11.6 Å². The molecule has 1 saturated carbocycles. The Morgan fingerprint density at radius 2 is 2.20 bits per heavy atom. The van der Waals surface area contributed by atoms with Gasteiger partial charge in [0.25, 0.3) is 0 Å². The number of benzene rings is 1. The molecule has 1 aromatic carbocycles. The van der Waals surface area contributed by atoms with Gasteiger partial charge in [0.1, 0.15) is 5.75 Å². The molecule has 15 heavy (non-hydrogen) atoms. The van der Waals surface area contributed by atoms with E-state index in [0.717, 1.165) is 29.2 Å². The molecule has 1 fully saturated rings. The van der Waals surface area contributed by atoms with Crippen molar-refractivity contribution >= 4 is 27.5 Å². The van der Waals surface area contributed by atoms with E-state index in [2.05, 4.69) is 15.9 Å². The normalized spacial score (nSPS) is 16.1. The molecule has 0 spiro atoms. The van der Waals surface area contributed by atoms with Crippen molar-refractivity contribution < 1.29 is 4.74 Å². The molecule has 0 amide bonds. The molecule has 0 N–H and O–H groups in total. The van der Waals surface area contributed by atoms with E-state index >= 15 is 0 Å². The van der Waals surface area contributed by atoms with E-state index in [9.17, 15) is 0 Å². The van der Waals surface area contributed by atoms with Crippen molar-refractivity contribution in [3.63, 3.8) is 0 Å². The summed E-state index contributed by atoms with van der Waals surface area (Å²) in [6.45, 7) is 0.809. The van der Waals surface area contributed by atoms with Gasteiger partial charge >= 0.3 is 0 Å². The van der Waals surface area contributed by atoms with E-state index in [1.807, 2.05) is 18.2 Å². The Hall–Kier alpha value is -0.210. The summed E-state index contributed by atoms with van der Waals surface area (Å²) in [5.41, 5.74) is 1.13. The van der Waals surface area contributed by atoms with Crippen molar-refractivity contribution in [1.29, 1.82) is 0 Å². The van der Waals surface area contributed by atoms with E-state index in [4.69, 9.17) is 16.3 Å². The van der Waals surface area contributed by atoms with Crippen molar-refractivity contribution in [1.82, 2.24) is 0 Å². The van der Waals surface area contributed by atoms with Crippen LogP contribution >= 0.6 is 27.5 Å². The van der Waals surface area contributed by atoms with Gasteiger partial charge in [0.2, 0.25) is 0 Å². The lowest BCUT2D eigenvalue weighted by atomic mass is 9.86. The average Bonchev–Trinajstić information content (AvgIpc) is 2.17. The molecule has 82 valence electrons.